The summed E-state index contributed by atoms with van der Waals surface area (Å²) in [4.78, 5) is 10.8. The second-order valence-electron chi connectivity index (χ2n) is 4.90. The molecule has 0 bridgehead atoms. The average Bonchev–Trinajstić information content (AvgIpc) is 3.22. The molecule has 1 fully saturated rings. The van der Waals surface area contributed by atoms with Crippen molar-refractivity contribution < 1.29 is 18.3 Å². The van der Waals surface area contributed by atoms with Crippen molar-refractivity contribution in [2.45, 2.75) is 25.3 Å². The largest absolute Gasteiger partial charge is 0.478 e. The van der Waals surface area contributed by atoms with Crippen LogP contribution in [-0.4, -0.2) is 43.4 Å². The fourth-order valence-corrected chi connectivity index (χ4v) is 3.09. The van der Waals surface area contributed by atoms with Crippen molar-refractivity contribution in [2.24, 2.45) is 0 Å². The zero-order chi connectivity index (χ0) is 14.8. The Hall–Kier alpha value is -1.44. The van der Waals surface area contributed by atoms with Gasteiger partial charge in [0.1, 0.15) is 0 Å². The first-order valence-corrected chi connectivity index (χ1v) is 7.89. The van der Waals surface area contributed by atoms with E-state index in [1.54, 1.807) is 25.2 Å². The Labute approximate surface area is 118 Å². The van der Waals surface area contributed by atoms with Crippen LogP contribution in [0.15, 0.2) is 24.3 Å². The molecule has 2 N–H and O–H groups in total. The highest BCUT2D eigenvalue weighted by molar-refractivity contribution is 7.87. The second kappa shape index (κ2) is 5.90. The normalized spacial score (nSPS) is 15.5. The summed E-state index contributed by atoms with van der Waals surface area (Å²) in [5, 5.41) is 8.89. The van der Waals surface area contributed by atoms with E-state index in [4.69, 9.17) is 5.11 Å². The highest BCUT2D eigenvalue weighted by atomic mass is 32.2. The summed E-state index contributed by atoms with van der Waals surface area (Å²) in [5.74, 6) is -0.985. The van der Waals surface area contributed by atoms with Gasteiger partial charge in [-0.05, 0) is 37.0 Å². The highest BCUT2D eigenvalue weighted by Crippen LogP contribution is 2.26. The summed E-state index contributed by atoms with van der Waals surface area (Å²) < 4.78 is 27.7. The SMILES string of the molecule is CN(C1CC1)S(=O)(=O)NCCc1cccc(C(=O)O)c1. The summed E-state index contributed by atoms with van der Waals surface area (Å²) in [5.41, 5.74) is 1.00. The maximum Gasteiger partial charge on any atom is 0.335 e. The minimum absolute atomic E-state index is 0.128. The van der Waals surface area contributed by atoms with E-state index in [2.05, 4.69) is 4.72 Å². The Kier molecular flexibility index (Phi) is 4.42. The van der Waals surface area contributed by atoms with Crippen LogP contribution in [0.4, 0.5) is 0 Å². The number of benzene rings is 1. The van der Waals surface area contributed by atoms with Crippen molar-refractivity contribution >= 4 is 16.2 Å². The van der Waals surface area contributed by atoms with E-state index in [1.807, 2.05) is 0 Å². The van der Waals surface area contributed by atoms with Gasteiger partial charge in [0.15, 0.2) is 0 Å². The van der Waals surface area contributed by atoms with Crippen molar-refractivity contribution in [3.05, 3.63) is 35.4 Å². The van der Waals surface area contributed by atoms with Crippen LogP contribution in [0.5, 0.6) is 0 Å². The molecule has 7 heteroatoms. The Morgan fingerprint density at radius 2 is 2.15 bits per heavy atom. The lowest BCUT2D eigenvalue weighted by atomic mass is 10.1. The molecule has 0 atom stereocenters. The number of hydrogen-bond acceptors (Lipinski definition) is 3. The van der Waals surface area contributed by atoms with Crippen molar-refractivity contribution in [3.8, 4) is 0 Å². The quantitative estimate of drug-likeness (QED) is 0.781. The van der Waals surface area contributed by atoms with Crippen molar-refractivity contribution in [2.75, 3.05) is 13.6 Å². The molecule has 110 valence electrons. The van der Waals surface area contributed by atoms with Gasteiger partial charge in [-0.3, -0.25) is 0 Å². The third-order valence-corrected chi connectivity index (χ3v) is 4.94. The number of nitrogens with one attached hydrogen (secondary N) is 1. The number of hydrogen-bond donors (Lipinski definition) is 2. The molecule has 0 radical (unpaired) electrons. The third-order valence-electron chi connectivity index (χ3n) is 3.31. The fraction of sp³-hybridized carbons (Fsp3) is 0.462. The van der Waals surface area contributed by atoms with Gasteiger partial charge in [-0.1, -0.05) is 12.1 Å². The molecular weight excluding hydrogens is 280 g/mol. The highest BCUT2D eigenvalue weighted by Gasteiger charge is 2.33. The molecule has 0 saturated heterocycles. The van der Waals surface area contributed by atoms with E-state index >= 15 is 0 Å². The zero-order valence-corrected chi connectivity index (χ0v) is 12.1. The third kappa shape index (κ3) is 3.78. The van der Waals surface area contributed by atoms with Gasteiger partial charge in [0.05, 0.1) is 5.56 Å². The smallest absolute Gasteiger partial charge is 0.335 e. The Balaban J connectivity index is 1.89. The van der Waals surface area contributed by atoms with Gasteiger partial charge in [0.2, 0.25) is 0 Å². The molecule has 20 heavy (non-hydrogen) atoms. The molecular formula is C13H18N2O4S. The lowest BCUT2D eigenvalue weighted by molar-refractivity contribution is 0.0696. The minimum Gasteiger partial charge on any atom is -0.478 e. The number of carboxylic acids is 1. The van der Waals surface area contributed by atoms with Gasteiger partial charge in [0.25, 0.3) is 10.2 Å². The first-order chi connectivity index (χ1) is 9.40. The summed E-state index contributed by atoms with van der Waals surface area (Å²) in [6.07, 6.45) is 2.29. The molecule has 1 aliphatic carbocycles. The Morgan fingerprint density at radius 1 is 1.45 bits per heavy atom. The molecule has 0 amide bonds. The summed E-state index contributed by atoms with van der Waals surface area (Å²) in [6, 6.07) is 6.63. The molecule has 1 aromatic carbocycles. The lowest BCUT2D eigenvalue weighted by Gasteiger charge is -2.16. The van der Waals surface area contributed by atoms with Crippen molar-refractivity contribution in [1.29, 1.82) is 0 Å². The first kappa shape index (κ1) is 15.0. The number of nitrogens with zero attached hydrogens (tertiary/aromatic N) is 1. The molecule has 1 saturated carbocycles. The summed E-state index contributed by atoms with van der Waals surface area (Å²) in [7, 11) is -1.85. The van der Waals surface area contributed by atoms with E-state index in [1.165, 1.54) is 10.4 Å². The number of carbonyl (C=O) groups is 1. The van der Waals surface area contributed by atoms with Crippen molar-refractivity contribution in [1.82, 2.24) is 9.03 Å². The molecule has 2 rings (SSSR count). The van der Waals surface area contributed by atoms with Crippen LogP contribution in [-0.2, 0) is 16.6 Å². The molecule has 0 spiro atoms. The van der Waals surface area contributed by atoms with Crippen LogP contribution in [0, 0.1) is 0 Å². The zero-order valence-electron chi connectivity index (χ0n) is 11.2. The topological polar surface area (TPSA) is 86.7 Å². The van der Waals surface area contributed by atoms with E-state index in [-0.39, 0.29) is 18.2 Å². The molecule has 0 unspecified atom stereocenters. The Bertz CT molecular complexity index is 596. The maximum atomic E-state index is 11.9. The number of aromatic carboxylic acids is 1. The van der Waals surface area contributed by atoms with Gasteiger partial charge >= 0.3 is 5.97 Å². The number of rotatable bonds is 7. The van der Waals surface area contributed by atoms with Gasteiger partial charge < -0.3 is 5.11 Å². The van der Waals surface area contributed by atoms with E-state index in [0.29, 0.717) is 6.42 Å². The molecule has 6 nitrogen and oxygen atoms in total. The van der Waals surface area contributed by atoms with Crippen LogP contribution in [0.1, 0.15) is 28.8 Å². The second-order valence-corrected chi connectivity index (χ2v) is 6.72. The average molecular weight is 298 g/mol. The predicted octanol–water partition coefficient (Wildman–Crippen LogP) is 0.856. The van der Waals surface area contributed by atoms with Crippen LogP contribution >= 0.6 is 0 Å². The lowest BCUT2D eigenvalue weighted by Crippen LogP contribution is -2.40. The van der Waals surface area contributed by atoms with E-state index in [0.717, 1.165) is 18.4 Å². The molecule has 0 aromatic heterocycles. The summed E-state index contributed by atoms with van der Waals surface area (Å²) in [6.45, 7) is 0.252. The van der Waals surface area contributed by atoms with Crippen LogP contribution in [0.25, 0.3) is 0 Å². The predicted molar refractivity (Wildman–Crippen MR) is 74.8 cm³/mol. The fourth-order valence-electron chi connectivity index (χ4n) is 1.92. The molecule has 0 heterocycles. The standard InChI is InChI=1S/C13H18N2O4S/c1-15(12-5-6-12)20(18,19)14-8-7-10-3-2-4-11(9-10)13(16)17/h2-4,9,12,14H,5-8H2,1H3,(H,16,17). The maximum absolute atomic E-state index is 11.9. The van der Waals surface area contributed by atoms with Crippen LogP contribution in [0.2, 0.25) is 0 Å². The number of carboxylic acid groups (broad SMARTS) is 1. The van der Waals surface area contributed by atoms with Gasteiger partial charge in [-0.2, -0.15) is 12.7 Å². The van der Waals surface area contributed by atoms with Crippen molar-refractivity contribution in [3.63, 3.8) is 0 Å². The van der Waals surface area contributed by atoms with Gasteiger partial charge in [-0.25, -0.2) is 9.52 Å². The van der Waals surface area contributed by atoms with Crippen LogP contribution in [0.3, 0.4) is 0 Å². The molecule has 0 aliphatic heterocycles. The Morgan fingerprint density at radius 3 is 2.75 bits per heavy atom. The van der Waals surface area contributed by atoms with Gasteiger partial charge in [0, 0.05) is 19.6 Å². The van der Waals surface area contributed by atoms with Crippen LogP contribution < -0.4 is 4.72 Å². The van der Waals surface area contributed by atoms with E-state index in [9.17, 15) is 13.2 Å². The molecule has 1 aliphatic rings. The van der Waals surface area contributed by atoms with E-state index < -0.39 is 16.2 Å². The van der Waals surface area contributed by atoms with Gasteiger partial charge in [-0.15, -0.1) is 0 Å². The minimum atomic E-state index is -3.43. The summed E-state index contributed by atoms with van der Waals surface area (Å²) >= 11 is 0. The molecule has 1 aromatic rings. The first-order valence-electron chi connectivity index (χ1n) is 6.45. The monoisotopic (exact) mass is 298 g/mol.